The predicted octanol–water partition coefficient (Wildman–Crippen LogP) is 0.865. The van der Waals surface area contributed by atoms with Gasteiger partial charge in [-0.1, -0.05) is 17.8 Å². The van der Waals surface area contributed by atoms with Crippen LogP contribution in [0.3, 0.4) is 0 Å². The second kappa shape index (κ2) is 4.67. The van der Waals surface area contributed by atoms with Gasteiger partial charge in [0.2, 0.25) is 5.12 Å². The van der Waals surface area contributed by atoms with Crippen molar-refractivity contribution in [1.29, 1.82) is 0 Å². The highest BCUT2D eigenvalue weighted by molar-refractivity contribution is 8.14. The zero-order valence-electron chi connectivity index (χ0n) is 7.11. The number of hydrogen-bond acceptors (Lipinski definition) is 4. The first-order valence-electron chi connectivity index (χ1n) is 3.31. The number of thioether (sulfide) groups is 1. The maximum Gasteiger partial charge on any atom is 0.207 e. The molecular weight excluding hydrogens is 196 g/mol. The molecule has 12 heavy (non-hydrogen) atoms. The van der Waals surface area contributed by atoms with Crippen molar-refractivity contribution in [3.63, 3.8) is 0 Å². The van der Waals surface area contributed by atoms with E-state index in [4.69, 9.17) is 0 Å². The Balaban J connectivity index is 4.67. The number of rotatable bonds is 4. The Morgan fingerprint density at radius 3 is 2.42 bits per heavy atom. The lowest BCUT2D eigenvalue weighted by Crippen LogP contribution is -2.26. The van der Waals surface area contributed by atoms with E-state index in [1.165, 1.54) is 6.08 Å². The summed E-state index contributed by atoms with van der Waals surface area (Å²) in [6.07, 6.45) is 4.28. The number of allylic oxidation sites excluding steroid dienone is 1. The second-order valence-corrected chi connectivity index (χ2v) is 5.40. The van der Waals surface area contributed by atoms with Crippen molar-refractivity contribution in [3.8, 4) is 0 Å². The van der Waals surface area contributed by atoms with Crippen LogP contribution in [0.5, 0.6) is 0 Å². The van der Waals surface area contributed by atoms with Gasteiger partial charge in [-0.15, -0.1) is 6.58 Å². The Morgan fingerprint density at radius 2 is 2.17 bits per heavy atom. The summed E-state index contributed by atoms with van der Waals surface area (Å²) in [7, 11) is -3.28. The summed E-state index contributed by atoms with van der Waals surface area (Å²) in [5.41, 5.74) is 0. The zero-order valence-corrected chi connectivity index (χ0v) is 8.74. The Morgan fingerprint density at radius 1 is 1.67 bits per heavy atom. The minimum Gasteiger partial charge on any atom is -0.286 e. The maximum atomic E-state index is 11.1. The lowest BCUT2D eigenvalue weighted by molar-refractivity contribution is -0.110. The van der Waals surface area contributed by atoms with Crippen LogP contribution in [-0.2, 0) is 14.6 Å². The Kier molecular flexibility index (Phi) is 4.55. The van der Waals surface area contributed by atoms with Crippen molar-refractivity contribution < 1.29 is 13.2 Å². The van der Waals surface area contributed by atoms with E-state index in [-0.39, 0.29) is 11.5 Å². The molecule has 0 aromatic carbocycles. The molecule has 0 saturated heterocycles. The molecule has 1 unspecified atom stereocenters. The highest BCUT2D eigenvalue weighted by atomic mass is 32.2. The van der Waals surface area contributed by atoms with Gasteiger partial charge in [0, 0.05) is 6.26 Å². The van der Waals surface area contributed by atoms with Gasteiger partial charge in [-0.05, 0) is 12.7 Å². The van der Waals surface area contributed by atoms with E-state index < -0.39 is 15.1 Å². The summed E-state index contributed by atoms with van der Waals surface area (Å²) < 4.78 is 22.1. The molecule has 0 aromatic heterocycles. The average molecular weight is 208 g/mol. The van der Waals surface area contributed by atoms with Crippen molar-refractivity contribution in [2.45, 2.75) is 11.7 Å². The molecule has 0 aliphatic heterocycles. The molecule has 0 bridgehead atoms. The third-order valence-electron chi connectivity index (χ3n) is 1.36. The first-order valence-corrected chi connectivity index (χ1v) is 6.49. The summed E-state index contributed by atoms with van der Waals surface area (Å²) in [6, 6.07) is 0. The van der Waals surface area contributed by atoms with E-state index >= 15 is 0 Å². The highest BCUT2D eigenvalue weighted by Crippen LogP contribution is 2.12. The highest BCUT2D eigenvalue weighted by Gasteiger charge is 2.26. The summed E-state index contributed by atoms with van der Waals surface area (Å²) in [5.74, 6) is 0. The molecule has 0 spiro atoms. The lowest BCUT2D eigenvalue weighted by Gasteiger charge is -2.08. The molecule has 0 aliphatic rings. The summed E-state index contributed by atoms with van der Waals surface area (Å²) >= 11 is 0.934. The van der Waals surface area contributed by atoms with Gasteiger partial charge in [-0.2, -0.15) is 0 Å². The second-order valence-electron chi connectivity index (χ2n) is 2.37. The fourth-order valence-corrected chi connectivity index (χ4v) is 2.74. The smallest absolute Gasteiger partial charge is 0.207 e. The largest absolute Gasteiger partial charge is 0.286 e. The molecule has 1 atom stereocenters. The molecule has 0 aliphatic carbocycles. The minimum absolute atomic E-state index is 0.193. The summed E-state index contributed by atoms with van der Waals surface area (Å²) in [6.45, 7) is 3.40. The predicted molar refractivity (Wildman–Crippen MR) is 52.0 cm³/mol. The standard InChI is InChI=1S/C7H12O3S2/c1-4-5-6(7(8)11-2)12(3,9)10/h4,6H,1,5H2,2-3H3. The molecule has 0 heterocycles. The van der Waals surface area contributed by atoms with Crippen LogP contribution in [0, 0.1) is 0 Å². The van der Waals surface area contributed by atoms with Gasteiger partial charge in [0.1, 0.15) is 5.25 Å². The van der Waals surface area contributed by atoms with Crippen LogP contribution in [0.1, 0.15) is 6.42 Å². The van der Waals surface area contributed by atoms with Crippen molar-refractivity contribution in [3.05, 3.63) is 12.7 Å². The van der Waals surface area contributed by atoms with Gasteiger partial charge in [0.25, 0.3) is 0 Å². The van der Waals surface area contributed by atoms with Crippen molar-refractivity contribution >= 4 is 26.7 Å². The van der Waals surface area contributed by atoms with E-state index in [1.807, 2.05) is 0 Å². The first-order chi connectivity index (χ1) is 5.43. The fraction of sp³-hybridized carbons (Fsp3) is 0.571. The topological polar surface area (TPSA) is 51.2 Å². The van der Waals surface area contributed by atoms with Gasteiger partial charge < -0.3 is 0 Å². The normalized spacial score (nSPS) is 13.8. The van der Waals surface area contributed by atoms with Crippen LogP contribution >= 0.6 is 11.8 Å². The fourth-order valence-electron chi connectivity index (χ4n) is 0.729. The number of carbonyl (C=O) groups excluding carboxylic acids is 1. The maximum absolute atomic E-state index is 11.1. The third kappa shape index (κ3) is 3.40. The van der Waals surface area contributed by atoms with Crippen LogP contribution in [0.2, 0.25) is 0 Å². The van der Waals surface area contributed by atoms with Crippen LogP contribution in [0.4, 0.5) is 0 Å². The van der Waals surface area contributed by atoms with Crippen LogP contribution in [-0.4, -0.2) is 31.3 Å². The van der Waals surface area contributed by atoms with Crippen LogP contribution in [0.15, 0.2) is 12.7 Å². The number of hydrogen-bond donors (Lipinski definition) is 0. The van der Waals surface area contributed by atoms with Crippen molar-refractivity contribution in [2.75, 3.05) is 12.5 Å². The summed E-state index contributed by atoms with van der Waals surface area (Å²) in [4.78, 5) is 11.1. The summed E-state index contributed by atoms with van der Waals surface area (Å²) in [5, 5.41) is -1.25. The third-order valence-corrected chi connectivity index (χ3v) is 3.64. The monoisotopic (exact) mass is 208 g/mol. The molecule has 0 N–H and O–H groups in total. The van der Waals surface area contributed by atoms with E-state index in [9.17, 15) is 13.2 Å². The van der Waals surface area contributed by atoms with E-state index in [1.54, 1.807) is 6.26 Å². The van der Waals surface area contributed by atoms with Crippen molar-refractivity contribution in [2.24, 2.45) is 0 Å². The lowest BCUT2D eigenvalue weighted by atomic mass is 10.3. The first kappa shape index (κ1) is 11.7. The van der Waals surface area contributed by atoms with Gasteiger partial charge >= 0.3 is 0 Å². The Labute approximate surface area is 77.1 Å². The SMILES string of the molecule is C=CCC(C(=O)SC)S(C)(=O)=O. The van der Waals surface area contributed by atoms with Crippen LogP contribution < -0.4 is 0 Å². The molecule has 0 amide bonds. The minimum atomic E-state index is -3.28. The van der Waals surface area contributed by atoms with Gasteiger partial charge in [0.15, 0.2) is 9.84 Å². The molecular formula is C7H12O3S2. The van der Waals surface area contributed by atoms with E-state index in [0.29, 0.717) is 0 Å². The molecule has 0 rings (SSSR count). The zero-order chi connectivity index (χ0) is 9.78. The molecule has 0 radical (unpaired) electrons. The Hall–Kier alpha value is -0.290. The molecule has 70 valence electrons. The van der Waals surface area contributed by atoms with E-state index in [0.717, 1.165) is 18.0 Å². The number of sulfone groups is 1. The molecule has 3 nitrogen and oxygen atoms in total. The molecule has 0 aromatic rings. The molecule has 5 heteroatoms. The van der Waals surface area contributed by atoms with Gasteiger partial charge in [-0.3, -0.25) is 4.79 Å². The number of carbonyl (C=O) groups is 1. The Bertz CT molecular complexity index is 266. The van der Waals surface area contributed by atoms with Crippen molar-refractivity contribution in [1.82, 2.24) is 0 Å². The average Bonchev–Trinajstić information content (AvgIpc) is 1.96. The molecule has 0 fully saturated rings. The van der Waals surface area contributed by atoms with Crippen LogP contribution in [0.25, 0.3) is 0 Å². The quantitative estimate of drug-likeness (QED) is 0.643. The van der Waals surface area contributed by atoms with Gasteiger partial charge in [0.05, 0.1) is 0 Å². The van der Waals surface area contributed by atoms with E-state index in [2.05, 4.69) is 6.58 Å². The van der Waals surface area contributed by atoms with Gasteiger partial charge in [-0.25, -0.2) is 8.42 Å². The molecule has 0 saturated carbocycles.